The standard InChI is InChI=1S/C10H10Cl3NO2S/c11-10(12,13)7-17(15,16)14-6-9(14)8-4-2-1-3-5-8/h1-5,9H,6-7H2. The lowest BCUT2D eigenvalue weighted by atomic mass is 10.2. The predicted molar refractivity (Wildman–Crippen MR) is 70.0 cm³/mol. The lowest BCUT2D eigenvalue weighted by Gasteiger charge is -2.12. The molecule has 0 aromatic heterocycles. The van der Waals surface area contributed by atoms with Gasteiger partial charge < -0.3 is 0 Å². The molecule has 1 aliphatic rings. The molecule has 1 aromatic carbocycles. The molecule has 2 rings (SSSR count). The van der Waals surface area contributed by atoms with Gasteiger partial charge in [0.25, 0.3) is 0 Å². The summed E-state index contributed by atoms with van der Waals surface area (Å²) >= 11 is 16.5. The molecule has 2 unspecified atom stereocenters. The average Bonchev–Trinajstić information content (AvgIpc) is 2.95. The Hall–Kier alpha value is -0.000000000000000222. The van der Waals surface area contributed by atoms with Gasteiger partial charge in [-0.1, -0.05) is 65.1 Å². The van der Waals surface area contributed by atoms with E-state index in [0.29, 0.717) is 6.54 Å². The van der Waals surface area contributed by atoms with Gasteiger partial charge in [-0.3, -0.25) is 0 Å². The van der Waals surface area contributed by atoms with Gasteiger partial charge in [-0.15, -0.1) is 0 Å². The monoisotopic (exact) mass is 313 g/mol. The topological polar surface area (TPSA) is 37.1 Å². The minimum atomic E-state index is -3.50. The molecule has 94 valence electrons. The van der Waals surface area contributed by atoms with Crippen LogP contribution in [0.5, 0.6) is 0 Å². The summed E-state index contributed by atoms with van der Waals surface area (Å²) in [5.74, 6) is -0.492. The highest BCUT2D eigenvalue weighted by Crippen LogP contribution is 2.40. The van der Waals surface area contributed by atoms with Crippen LogP contribution in [0.1, 0.15) is 11.6 Å². The van der Waals surface area contributed by atoms with E-state index in [2.05, 4.69) is 0 Å². The quantitative estimate of drug-likeness (QED) is 0.635. The lowest BCUT2D eigenvalue weighted by Crippen LogP contribution is -2.25. The molecule has 0 amide bonds. The van der Waals surface area contributed by atoms with E-state index in [9.17, 15) is 8.42 Å². The first-order valence-electron chi connectivity index (χ1n) is 4.91. The number of halogens is 3. The highest BCUT2D eigenvalue weighted by Gasteiger charge is 2.47. The van der Waals surface area contributed by atoms with Crippen LogP contribution >= 0.6 is 34.8 Å². The Morgan fingerprint density at radius 2 is 1.82 bits per heavy atom. The molecule has 0 radical (unpaired) electrons. The first-order valence-corrected chi connectivity index (χ1v) is 7.65. The van der Waals surface area contributed by atoms with Gasteiger partial charge in [0.1, 0.15) is 5.75 Å². The van der Waals surface area contributed by atoms with E-state index in [1.54, 1.807) is 0 Å². The van der Waals surface area contributed by atoms with Crippen molar-refractivity contribution in [1.82, 2.24) is 4.31 Å². The summed E-state index contributed by atoms with van der Waals surface area (Å²) in [7, 11) is -3.50. The van der Waals surface area contributed by atoms with E-state index in [-0.39, 0.29) is 6.04 Å². The molecule has 0 aliphatic carbocycles. The lowest BCUT2D eigenvalue weighted by molar-refractivity contribution is 0.554. The molecule has 0 N–H and O–H groups in total. The van der Waals surface area contributed by atoms with Gasteiger partial charge in [-0.2, -0.15) is 4.31 Å². The summed E-state index contributed by atoms with van der Waals surface area (Å²) in [4.78, 5) is 0. The van der Waals surface area contributed by atoms with Crippen LogP contribution in [-0.4, -0.2) is 28.8 Å². The molecule has 1 aromatic rings. The maximum atomic E-state index is 11.9. The number of benzene rings is 1. The summed E-state index contributed by atoms with van der Waals surface area (Å²) in [6.45, 7) is 0.451. The van der Waals surface area contributed by atoms with Gasteiger partial charge in [0, 0.05) is 6.54 Å². The van der Waals surface area contributed by atoms with Gasteiger partial charge in [0.15, 0.2) is 0 Å². The first kappa shape index (κ1) is 13.4. The molecule has 0 spiro atoms. The Labute approximate surface area is 115 Å². The third-order valence-corrected chi connectivity index (χ3v) is 5.25. The van der Waals surface area contributed by atoms with Crippen molar-refractivity contribution in [2.24, 2.45) is 0 Å². The Bertz CT molecular complexity index is 498. The van der Waals surface area contributed by atoms with Gasteiger partial charge in [-0.25, -0.2) is 8.42 Å². The molecule has 2 atom stereocenters. The maximum Gasteiger partial charge on any atom is 0.219 e. The summed E-state index contributed by atoms with van der Waals surface area (Å²) in [6.07, 6.45) is 0. The normalized spacial score (nSPS) is 24.6. The van der Waals surface area contributed by atoms with Crippen molar-refractivity contribution in [2.75, 3.05) is 12.3 Å². The minimum Gasteiger partial charge on any atom is -0.212 e. The van der Waals surface area contributed by atoms with E-state index in [1.165, 1.54) is 4.31 Å². The molecule has 1 fully saturated rings. The minimum absolute atomic E-state index is 0.117. The summed E-state index contributed by atoms with van der Waals surface area (Å²) in [5, 5.41) is 0. The number of rotatable bonds is 3. The maximum absolute atomic E-state index is 11.9. The van der Waals surface area contributed by atoms with Crippen LogP contribution in [0.3, 0.4) is 0 Å². The van der Waals surface area contributed by atoms with Crippen LogP contribution < -0.4 is 0 Å². The molecule has 3 nitrogen and oxygen atoms in total. The molecule has 1 aliphatic heterocycles. The number of nitrogens with zero attached hydrogens (tertiary/aromatic N) is 1. The van der Waals surface area contributed by atoms with Gasteiger partial charge in [0.05, 0.1) is 6.04 Å². The second-order valence-electron chi connectivity index (χ2n) is 3.87. The zero-order chi connectivity index (χ0) is 12.7. The van der Waals surface area contributed by atoms with Crippen molar-refractivity contribution < 1.29 is 8.42 Å². The van der Waals surface area contributed by atoms with Crippen molar-refractivity contribution in [3.8, 4) is 0 Å². The largest absolute Gasteiger partial charge is 0.219 e. The third-order valence-electron chi connectivity index (χ3n) is 2.45. The van der Waals surface area contributed by atoms with Crippen LogP contribution in [0.4, 0.5) is 0 Å². The molecular formula is C10H10Cl3NO2S. The van der Waals surface area contributed by atoms with Gasteiger partial charge >= 0.3 is 0 Å². The molecule has 7 heteroatoms. The SMILES string of the molecule is O=S(=O)(CC(Cl)(Cl)Cl)N1CC1c1ccccc1. The summed E-state index contributed by atoms with van der Waals surface area (Å²) < 4.78 is 23.3. The zero-order valence-electron chi connectivity index (χ0n) is 8.68. The third kappa shape index (κ3) is 3.48. The van der Waals surface area contributed by atoms with Crippen LogP contribution in [-0.2, 0) is 10.0 Å². The number of hydrogen-bond donors (Lipinski definition) is 0. The molecule has 1 saturated heterocycles. The van der Waals surface area contributed by atoms with E-state index < -0.39 is 19.6 Å². The number of alkyl halides is 3. The fraction of sp³-hybridized carbons (Fsp3) is 0.400. The second kappa shape index (κ2) is 4.59. The van der Waals surface area contributed by atoms with E-state index in [4.69, 9.17) is 34.8 Å². The van der Waals surface area contributed by atoms with Crippen LogP contribution in [0.25, 0.3) is 0 Å². The number of sulfonamides is 1. The highest BCUT2D eigenvalue weighted by molar-refractivity contribution is 7.89. The molecule has 17 heavy (non-hydrogen) atoms. The summed E-state index contributed by atoms with van der Waals surface area (Å²) in [6, 6.07) is 9.27. The van der Waals surface area contributed by atoms with Crippen LogP contribution in [0, 0.1) is 0 Å². The Kier molecular flexibility index (Phi) is 3.63. The highest BCUT2D eigenvalue weighted by atomic mass is 35.6. The first-order chi connectivity index (χ1) is 7.80. The van der Waals surface area contributed by atoms with Gasteiger partial charge in [0.2, 0.25) is 13.8 Å². The average molecular weight is 315 g/mol. The Morgan fingerprint density at radius 1 is 1.24 bits per heavy atom. The number of hydrogen-bond acceptors (Lipinski definition) is 2. The molecule has 0 bridgehead atoms. The summed E-state index contributed by atoms with van der Waals surface area (Å²) in [5.41, 5.74) is 0.959. The smallest absolute Gasteiger partial charge is 0.212 e. The van der Waals surface area contributed by atoms with E-state index in [1.807, 2.05) is 30.3 Å². The molecule has 0 saturated carbocycles. The van der Waals surface area contributed by atoms with E-state index in [0.717, 1.165) is 5.56 Å². The Balaban J connectivity index is 2.09. The Morgan fingerprint density at radius 3 is 2.35 bits per heavy atom. The molecular weight excluding hydrogens is 305 g/mol. The van der Waals surface area contributed by atoms with Crippen molar-refractivity contribution in [3.63, 3.8) is 0 Å². The second-order valence-corrected chi connectivity index (χ2v) is 8.31. The van der Waals surface area contributed by atoms with Crippen molar-refractivity contribution in [1.29, 1.82) is 0 Å². The van der Waals surface area contributed by atoms with Gasteiger partial charge in [-0.05, 0) is 5.56 Å². The zero-order valence-corrected chi connectivity index (χ0v) is 11.8. The van der Waals surface area contributed by atoms with Crippen LogP contribution in [0.15, 0.2) is 30.3 Å². The van der Waals surface area contributed by atoms with Crippen molar-refractivity contribution in [2.45, 2.75) is 9.83 Å². The van der Waals surface area contributed by atoms with E-state index >= 15 is 0 Å². The fourth-order valence-electron chi connectivity index (χ4n) is 1.67. The van der Waals surface area contributed by atoms with Crippen LogP contribution in [0.2, 0.25) is 0 Å². The van der Waals surface area contributed by atoms with Crippen molar-refractivity contribution >= 4 is 44.8 Å². The predicted octanol–water partition coefficient (Wildman–Crippen LogP) is 2.74. The molecule has 1 heterocycles. The fourth-order valence-corrected chi connectivity index (χ4v) is 4.37. The van der Waals surface area contributed by atoms with Crippen molar-refractivity contribution in [3.05, 3.63) is 35.9 Å².